The molecule has 0 N–H and O–H groups in total. The zero-order valence-corrected chi connectivity index (χ0v) is 16.7. The van der Waals surface area contributed by atoms with Crippen LogP contribution in [0.15, 0.2) is 64.9 Å². The van der Waals surface area contributed by atoms with E-state index in [9.17, 15) is 4.39 Å². The Labute approximate surface area is 167 Å². The number of halogens is 1. The lowest BCUT2D eigenvalue weighted by atomic mass is 9.76. The van der Waals surface area contributed by atoms with Crippen molar-refractivity contribution >= 4 is 17.6 Å². The van der Waals surface area contributed by atoms with Crippen LogP contribution in [0.1, 0.15) is 43.2 Å². The molecular weight excluding hydrogens is 347 g/mol. The smallest absolute Gasteiger partial charge is 0.130 e. The highest BCUT2D eigenvalue weighted by atomic mass is 19.1. The Hall–Kier alpha value is -2.29. The van der Waals surface area contributed by atoms with Crippen LogP contribution in [-0.2, 0) is 0 Å². The van der Waals surface area contributed by atoms with Crippen molar-refractivity contribution in [3.8, 4) is 0 Å². The van der Waals surface area contributed by atoms with E-state index in [1.807, 2.05) is 37.3 Å². The van der Waals surface area contributed by atoms with E-state index in [0.717, 1.165) is 24.4 Å². The molecule has 0 bridgehead atoms. The Balaban J connectivity index is 1.38. The molecule has 1 aromatic rings. The van der Waals surface area contributed by atoms with Crippen molar-refractivity contribution in [2.75, 3.05) is 6.54 Å². The number of hydrogen-bond acceptors (Lipinski definition) is 2. The van der Waals surface area contributed by atoms with Gasteiger partial charge in [-0.25, -0.2) is 9.38 Å². The van der Waals surface area contributed by atoms with Crippen LogP contribution in [0.5, 0.6) is 0 Å². The molecule has 3 aliphatic rings. The van der Waals surface area contributed by atoms with Crippen molar-refractivity contribution in [2.45, 2.75) is 39.0 Å². The van der Waals surface area contributed by atoms with Gasteiger partial charge in [0, 0.05) is 30.2 Å². The number of hydrogen-bond donors (Lipinski definition) is 0. The molecule has 1 aliphatic heterocycles. The summed E-state index contributed by atoms with van der Waals surface area (Å²) >= 11 is 0. The zero-order chi connectivity index (χ0) is 19.5. The largest absolute Gasteiger partial charge is 0.269 e. The number of aryl methyl sites for hydroxylation is 1. The van der Waals surface area contributed by atoms with Gasteiger partial charge < -0.3 is 0 Å². The zero-order valence-electron chi connectivity index (χ0n) is 16.7. The van der Waals surface area contributed by atoms with E-state index in [-0.39, 0.29) is 11.7 Å². The summed E-state index contributed by atoms with van der Waals surface area (Å²) in [7, 11) is 0. The standard InChI is InChI=1S/C25H29FN2/c1-3-18-6-10-19(11-7-18)22-15-27-25(28-16-22)21-12-13-23(24(26)14-21)20-8-4-17(2)5-9-20/h3-5,8-9,13-15,18-19,21-22H,1,6-7,10-12,16H2,2H3. The first-order valence-corrected chi connectivity index (χ1v) is 10.5. The third-order valence-electron chi connectivity index (χ3n) is 6.49. The third kappa shape index (κ3) is 4.09. The van der Waals surface area contributed by atoms with E-state index in [0.29, 0.717) is 23.3 Å². The minimum atomic E-state index is -0.164. The van der Waals surface area contributed by atoms with Crippen molar-refractivity contribution in [1.29, 1.82) is 0 Å². The average Bonchev–Trinajstić information content (AvgIpc) is 2.75. The van der Waals surface area contributed by atoms with Gasteiger partial charge in [-0.15, -0.1) is 6.58 Å². The summed E-state index contributed by atoms with van der Waals surface area (Å²) < 4.78 is 14.8. The van der Waals surface area contributed by atoms with E-state index in [1.54, 1.807) is 6.08 Å². The van der Waals surface area contributed by atoms with Crippen molar-refractivity contribution in [3.63, 3.8) is 0 Å². The molecule has 0 saturated heterocycles. The van der Waals surface area contributed by atoms with Crippen molar-refractivity contribution in [3.05, 3.63) is 66.0 Å². The number of allylic oxidation sites excluding steroid dienone is 4. The number of rotatable bonds is 4. The van der Waals surface area contributed by atoms with Crippen LogP contribution in [0.4, 0.5) is 4.39 Å². The van der Waals surface area contributed by atoms with Gasteiger partial charge in [0.15, 0.2) is 0 Å². The Bertz CT molecular complexity index is 836. The lowest BCUT2D eigenvalue weighted by Crippen LogP contribution is -2.28. The van der Waals surface area contributed by atoms with Crippen LogP contribution in [0, 0.1) is 30.6 Å². The predicted octanol–water partition coefficient (Wildman–Crippen LogP) is 6.34. The Morgan fingerprint density at radius 1 is 1.11 bits per heavy atom. The second kappa shape index (κ2) is 8.38. The molecule has 0 aromatic heterocycles. The van der Waals surface area contributed by atoms with Crippen LogP contribution in [0.3, 0.4) is 0 Å². The maximum atomic E-state index is 14.8. The highest BCUT2D eigenvalue weighted by molar-refractivity contribution is 5.96. The average molecular weight is 377 g/mol. The van der Waals surface area contributed by atoms with Gasteiger partial charge in [0.2, 0.25) is 0 Å². The maximum Gasteiger partial charge on any atom is 0.130 e. The first-order valence-electron chi connectivity index (χ1n) is 10.5. The fourth-order valence-electron chi connectivity index (χ4n) is 4.60. The monoisotopic (exact) mass is 376 g/mol. The molecule has 2 atom stereocenters. The lowest BCUT2D eigenvalue weighted by molar-refractivity contribution is 0.269. The number of aliphatic imine (C=N–C) groups is 2. The normalized spacial score (nSPS) is 30.3. The molecule has 0 spiro atoms. The molecule has 0 amide bonds. The second-order valence-corrected chi connectivity index (χ2v) is 8.39. The van der Waals surface area contributed by atoms with E-state index in [1.165, 1.54) is 31.2 Å². The molecule has 2 aliphatic carbocycles. The summed E-state index contributed by atoms with van der Waals surface area (Å²) in [6.07, 6.45) is 13.6. The molecule has 1 saturated carbocycles. The van der Waals surface area contributed by atoms with Crippen LogP contribution >= 0.6 is 0 Å². The second-order valence-electron chi connectivity index (χ2n) is 8.39. The molecule has 146 valence electrons. The van der Waals surface area contributed by atoms with Gasteiger partial charge in [-0.2, -0.15) is 0 Å². The van der Waals surface area contributed by atoms with Gasteiger partial charge in [0.25, 0.3) is 0 Å². The van der Waals surface area contributed by atoms with Gasteiger partial charge in [0.1, 0.15) is 11.7 Å². The molecule has 1 aromatic carbocycles. The molecule has 4 rings (SSSR count). The third-order valence-corrected chi connectivity index (χ3v) is 6.49. The number of benzene rings is 1. The van der Waals surface area contributed by atoms with Crippen LogP contribution < -0.4 is 0 Å². The molecule has 28 heavy (non-hydrogen) atoms. The maximum absolute atomic E-state index is 14.8. The highest BCUT2D eigenvalue weighted by Gasteiger charge is 2.28. The predicted molar refractivity (Wildman–Crippen MR) is 116 cm³/mol. The summed E-state index contributed by atoms with van der Waals surface area (Å²) in [6, 6.07) is 8.01. The quantitative estimate of drug-likeness (QED) is 0.548. The van der Waals surface area contributed by atoms with Crippen LogP contribution in [0.25, 0.3) is 5.57 Å². The van der Waals surface area contributed by atoms with Gasteiger partial charge in [-0.05, 0) is 62.5 Å². The summed E-state index contributed by atoms with van der Waals surface area (Å²) in [6.45, 7) is 6.76. The van der Waals surface area contributed by atoms with E-state index >= 15 is 0 Å². The first-order chi connectivity index (χ1) is 13.6. The minimum absolute atomic E-state index is 0.0529. The fraction of sp³-hybridized carbons (Fsp3) is 0.440. The highest BCUT2D eigenvalue weighted by Crippen LogP contribution is 2.36. The molecule has 2 nitrogen and oxygen atoms in total. The Kier molecular flexibility index (Phi) is 5.70. The summed E-state index contributed by atoms with van der Waals surface area (Å²) in [5.41, 5.74) is 2.80. The van der Waals surface area contributed by atoms with Gasteiger partial charge in [-0.3, -0.25) is 4.99 Å². The minimum Gasteiger partial charge on any atom is -0.269 e. The lowest BCUT2D eigenvalue weighted by Gasteiger charge is -2.32. The molecule has 3 heteroatoms. The van der Waals surface area contributed by atoms with Gasteiger partial charge in [-0.1, -0.05) is 42.0 Å². The topological polar surface area (TPSA) is 24.7 Å². The Morgan fingerprint density at radius 2 is 1.86 bits per heavy atom. The van der Waals surface area contributed by atoms with Crippen LogP contribution in [-0.4, -0.2) is 18.6 Å². The molecule has 2 unspecified atom stereocenters. The summed E-state index contributed by atoms with van der Waals surface area (Å²) in [4.78, 5) is 9.41. The van der Waals surface area contributed by atoms with Crippen molar-refractivity contribution in [2.24, 2.45) is 33.7 Å². The van der Waals surface area contributed by atoms with E-state index in [2.05, 4.69) is 23.9 Å². The number of amidine groups is 1. The molecule has 0 radical (unpaired) electrons. The Morgan fingerprint density at radius 3 is 2.46 bits per heavy atom. The van der Waals surface area contributed by atoms with Gasteiger partial charge in [0.05, 0.1) is 0 Å². The fourth-order valence-corrected chi connectivity index (χ4v) is 4.60. The molecule has 1 heterocycles. The number of nitrogens with zero attached hydrogens (tertiary/aromatic N) is 2. The summed E-state index contributed by atoms with van der Waals surface area (Å²) in [5.74, 6) is 2.36. The summed E-state index contributed by atoms with van der Waals surface area (Å²) in [5, 5.41) is 0. The van der Waals surface area contributed by atoms with Crippen molar-refractivity contribution in [1.82, 2.24) is 0 Å². The molecular formula is C25H29FN2. The SMILES string of the molecule is C=CC1CCC(C2C=NC(C3C=C(F)C(c4ccc(C)cc4)=CC3)=NC2)CC1. The molecule has 1 fully saturated rings. The first kappa shape index (κ1) is 19.0. The van der Waals surface area contributed by atoms with Crippen molar-refractivity contribution < 1.29 is 4.39 Å². The van der Waals surface area contributed by atoms with E-state index in [4.69, 9.17) is 4.99 Å². The van der Waals surface area contributed by atoms with E-state index < -0.39 is 0 Å². The van der Waals surface area contributed by atoms with Crippen LogP contribution in [0.2, 0.25) is 0 Å². The van der Waals surface area contributed by atoms with Gasteiger partial charge >= 0.3 is 0 Å².